The minimum absolute atomic E-state index is 0.0183. The van der Waals surface area contributed by atoms with Crippen LogP contribution in [0.2, 0.25) is 0 Å². The van der Waals surface area contributed by atoms with E-state index in [1.165, 1.54) is 12.8 Å². The van der Waals surface area contributed by atoms with Crippen molar-refractivity contribution in [2.75, 3.05) is 18.5 Å². The van der Waals surface area contributed by atoms with Gasteiger partial charge in [0, 0.05) is 19.3 Å². The Morgan fingerprint density at radius 2 is 2.39 bits per heavy atom. The molecule has 1 fully saturated rings. The maximum absolute atomic E-state index is 12.5. The Morgan fingerprint density at radius 3 is 3.00 bits per heavy atom. The topological polar surface area (TPSA) is 71.2 Å². The zero-order valence-corrected chi connectivity index (χ0v) is 10.7. The molecular formula is C13H20N4O. The molecule has 1 heterocycles. The van der Waals surface area contributed by atoms with Crippen molar-refractivity contribution in [3.8, 4) is 0 Å². The first-order chi connectivity index (χ1) is 8.76. The molecule has 18 heavy (non-hydrogen) atoms. The van der Waals surface area contributed by atoms with Gasteiger partial charge in [0.2, 0.25) is 0 Å². The number of anilines is 1. The monoisotopic (exact) mass is 248 g/mol. The van der Waals surface area contributed by atoms with Crippen molar-refractivity contribution >= 4 is 11.7 Å². The Balaban J connectivity index is 2.15. The molecule has 0 atom stereocenters. The quantitative estimate of drug-likeness (QED) is 0.593. The second kappa shape index (κ2) is 5.82. The Bertz CT molecular complexity index is 417. The number of nitrogens with one attached hydrogen (secondary N) is 1. The van der Waals surface area contributed by atoms with Crippen molar-refractivity contribution in [1.29, 1.82) is 0 Å². The highest BCUT2D eigenvalue weighted by Crippen LogP contribution is 2.30. The lowest BCUT2D eigenvalue weighted by molar-refractivity contribution is 0.0748. The number of nitrogen functional groups attached to an aromatic ring is 1. The number of hydrogen-bond acceptors (Lipinski definition) is 4. The highest BCUT2D eigenvalue weighted by atomic mass is 16.2. The molecule has 0 bridgehead atoms. The normalized spacial score (nSPS) is 14.3. The summed E-state index contributed by atoms with van der Waals surface area (Å²) in [6.45, 7) is 3.72. The summed E-state index contributed by atoms with van der Waals surface area (Å²) in [6.07, 6.45) is 5.06. The first-order valence-corrected chi connectivity index (χ1v) is 6.47. The molecule has 0 spiro atoms. The van der Waals surface area contributed by atoms with Gasteiger partial charge in [-0.25, -0.2) is 10.8 Å². The van der Waals surface area contributed by atoms with Crippen LogP contribution in [-0.4, -0.2) is 28.9 Å². The van der Waals surface area contributed by atoms with Gasteiger partial charge in [-0.1, -0.05) is 6.92 Å². The van der Waals surface area contributed by atoms with Crippen LogP contribution in [0.1, 0.15) is 36.5 Å². The number of nitrogens with two attached hydrogens (primary N) is 1. The van der Waals surface area contributed by atoms with Crippen LogP contribution in [0.25, 0.3) is 0 Å². The van der Waals surface area contributed by atoms with Crippen LogP contribution in [0.4, 0.5) is 5.82 Å². The zero-order valence-electron chi connectivity index (χ0n) is 10.7. The zero-order chi connectivity index (χ0) is 13.0. The van der Waals surface area contributed by atoms with E-state index in [9.17, 15) is 4.79 Å². The Hall–Kier alpha value is -1.62. The third-order valence-corrected chi connectivity index (χ3v) is 3.13. The minimum atomic E-state index is 0.0183. The molecule has 5 nitrogen and oxygen atoms in total. The molecule has 1 saturated carbocycles. The molecule has 98 valence electrons. The predicted molar refractivity (Wildman–Crippen MR) is 71.0 cm³/mol. The lowest BCUT2D eigenvalue weighted by atomic mass is 10.2. The standard InChI is InChI=1S/C13H20N4O/c1-2-8-17(9-10-5-6-10)13(18)11-4-3-7-15-12(11)16-14/h3-4,7,10H,2,5-6,8-9,14H2,1H3,(H,15,16). The van der Waals surface area contributed by atoms with E-state index in [-0.39, 0.29) is 5.91 Å². The summed E-state index contributed by atoms with van der Waals surface area (Å²) in [5.41, 5.74) is 3.03. The van der Waals surface area contributed by atoms with Crippen LogP contribution in [0.5, 0.6) is 0 Å². The fourth-order valence-electron chi connectivity index (χ4n) is 2.02. The maximum Gasteiger partial charge on any atom is 0.257 e. The van der Waals surface area contributed by atoms with Crippen LogP contribution in [0.3, 0.4) is 0 Å². The molecule has 1 aliphatic rings. The van der Waals surface area contributed by atoms with Crippen molar-refractivity contribution in [3.63, 3.8) is 0 Å². The van der Waals surface area contributed by atoms with Gasteiger partial charge in [0.15, 0.2) is 5.82 Å². The van der Waals surface area contributed by atoms with Crippen LogP contribution in [0.15, 0.2) is 18.3 Å². The number of pyridine rings is 1. The number of nitrogens with zero attached hydrogens (tertiary/aromatic N) is 2. The van der Waals surface area contributed by atoms with Gasteiger partial charge in [-0.05, 0) is 37.3 Å². The van der Waals surface area contributed by atoms with E-state index in [4.69, 9.17) is 5.84 Å². The van der Waals surface area contributed by atoms with Gasteiger partial charge in [-0.15, -0.1) is 0 Å². The highest BCUT2D eigenvalue weighted by Gasteiger charge is 2.27. The number of amides is 1. The van der Waals surface area contributed by atoms with Gasteiger partial charge in [-0.3, -0.25) is 4.79 Å². The third-order valence-electron chi connectivity index (χ3n) is 3.13. The Kier molecular flexibility index (Phi) is 4.15. The SMILES string of the molecule is CCCN(CC1CC1)C(=O)c1cccnc1NN. The molecule has 0 unspecified atom stereocenters. The lowest BCUT2D eigenvalue weighted by Gasteiger charge is -2.22. The Labute approximate surface area is 107 Å². The molecule has 0 aliphatic heterocycles. The highest BCUT2D eigenvalue weighted by molar-refractivity contribution is 5.98. The van der Waals surface area contributed by atoms with Crippen LogP contribution >= 0.6 is 0 Å². The van der Waals surface area contributed by atoms with Gasteiger partial charge in [-0.2, -0.15) is 0 Å². The molecule has 1 aromatic heterocycles. The lowest BCUT2D eigenvalue weighted by Crippen LogP contribution is -2.34. The van der Waals surface area contributed by atoms with Crippen LogP contribution in [-0.2, 0) is 0 Å². The van der Waals surface area contributed by atoms with Gasteiger partial charge in [0.25, 0.3) is 5.91 Å². The smallest absolute Gasteiger partial charge is 0.257 e. The summed E-state index contributed by atoms with van der Waals surface area (Å²) in [4.78, 5) is 18.5. The number of aromatic nitrogens is 1. The molecule has 0 aromatic carbocycles. The van der Waals surface area contributed by atoms with Gasteiger partial charge in [0.05, 0.1) is 5.56 Å². The Morgan fingerprint density at radius 1 is 1.61 bits per heavy atom. The maximum atomic E-state index is 12.5. The van der Waals surface area contributed by atoms with Crippen molar-refractivity contribution in [1.82, 2.24) is 9.88 Å². The summed E-state index contributed by atoms with van der Waals surface area (Å²) < 4.78 is 0. The summed E-state index contributed by atoms with van der Waals surface area (Å²) >= 11 is 0. The van der Waals surface area contributed by atoms with Crippen LogP contribution < -0.4 is 11.3 Å². The molecule has 0 saturated heterocycles. The van der Waals surface area contributed by atoms with E-state index < -0.39 is 0 Å². The second-order valence-corrected chi connectivity index (χ2v) is 4.74. The van der Waals surface area contributed by atoms with Gasteiger partial charge < -0.3 is 10.3 Å². The van der Waals surface area contributed by atoms with Gasteiger partial charge >= 0.3 is 0 Å². The van der Waals surface area contributed by atoms with Gasteiger partial charge in [0.1, 0.15) is 0 Å². The first-order valence-electron chi connectivity index (χ1n) is 6.47. The molecule has 1 amide bonds. The summed E-state index contributed by atoms with van der Waals surface area (Å²) in [6, 6.07) is 3.52. The largest absolute Gasteiger partial charge is 0.338 e. The van der Waals surface area contributed by atoms with E-state index in [1.807, 2.05) is 4.90 Å². The summed E-state index contributed by atoms with van der Waals surface area (Å²) in [5.74, 6) is 6.54. The number of hydrazine groups is 1. The van der Waals surface area contributed by atoms with Crippen molar-refractivity contribution in [3.05, 3.63) is 23.9 Å². The molecule has 1 aliphatic carbocycles. The van der Waals surface area contributed by atoms with Crippen molar-refractivity contribution in [2.45, 2.75) is 26.2 Å². The average molecular weight is 248 g/mol. The van der Waals surface area contributed by atoms with E-state index in [2.05, 4.69) is 17.3 Å². The van der Waals surface area contributed by atoms with Crippen LogP contribution in [0, 0.1) is 5.92 Å². The molecule has 5 heteroatoms. The van der Waals surface area contributed by atoms with E-state index in [0.717, 1.165) is 19.5 Å². The predicted octanol–water partition coefficient (Wildman–Crippen LogP) is 1.63. The average Bonchev–Trinajstić information content (AvgIpc) is 3.21. The van der Waals surface area contributed by atoms with Crippen molar-refractivity contribution in [2.24, 2.45) is 11.8 Å². The van der Waals surface area contributed by atoms with Crippen molar-refractivity contribution < 1.29 is 4.79 Å². The molecule has 2 rings (SSSR count). The summed E-state index contributed by atoms with van der Waals surface area (Å²) in [7, 11) is 0. The number of carbonyl (C=O) groups excluding carboxylic acids is 1. The molecule has 0 radical (unpaired) electrons. The first kappa shape index (κ1) is 12.8. The third kappa shape index (κ3) is 2.98. The minimum Gasteiger partial charge on any atom is -0.338 e. The molecule has 3 N–H and O–H groups in total. The van der Waals surface area contributed by atoms with E-state index in [0.29, 0.717) is 17.3 Å². The fourth-order valence-corrected chi connectivity index (χ4v) is 2.02. The van der Waals surface area contributed by atoms with E-state index in [1.54, 1.807) is 18.3 Å². The van der Waals surface area contributed by atoms with E-state index >= 15 is 0 Å². The molecule has 1 aromatic rings. The fraction of sp³-hybridized carbons (Fsp3) is 0.538. The number of hydrogen-bond donors (Lipinski definition) is 2. The summed E-state index contributed by atoms with van der Waals surface area (Å²) in [5, 5.41) is 0. The second-order valence-electron chi connectivity index (χ2n) is 4.74. The number of rotatable bonds is 6. The molecular weight excluding hydrogens is 228 g/mol. The number of carbonyl (C=O) groups is 1.